The molecule has 1 N–H and O–H groups in total. The number of likely N-dealkylation sites (tertiary alicyclic amines) is 1. The van der Waals surface area contributed by atoms with Gasteiger partial charge in [0.05, 0.1) is 12.7 Å². The van der Waals surface area contributed by atoms with Crippen LogP contribution in [0.5, 0.6) is 11.5 Å². The second kappa shape index (κ2) is 5.26. The van der Waals surface area contributed by atoms with Gasteiger partial charge in [-0.15, -0.1) is 0 Å². The van der Waals surface area contributed by atoms with Crippen LogP contribution in [0.2, 0.25) is 0 Å². The maximum Gasteiger partial charge on any atom is 0.166 e. The third kappa shape index (κ3) is 2.63. The van der Waals surface area contributed by atoms with E-state index >= 15 is 0 Å². The molecule has 0 aromatic heterocycles. The van der Waals surface area contributed by atoms with Gasteiger partial charge < -0.3 is 19.5 Å². The summed E-state index contributed by atoms with van der Waals surface area (Å²) in [5.41, 5.74) is 0.169. The molecule has 4 nitrogen and oxygen atoms in total. The first kappa shape index (κ1) is 13.7. The molecule has 3 rings (SSSR count). The van der Waals surface area contributed by atoms with Crippen molar-refractivity contribution in [1.29, 1.82) is 0 Å². The van der Waals surface area contributed by atoms with Crippen LogP contribution in [0, 0.1) is 0 Å². The molecule has 1 aromatic rings. The highest BCUT2D eigenvalue weighted by Crippen LogP contribution is 2.51. The maximum atomic E-state index is 10.3. The number of piperidine rings is 1. The van der Waals surface area contributed by atoms with Crippen LogP contribution < -0.4 is 9.47 Å². The van der Waals surface area contributed by atoms with E-state index in [0.29, 0.717) is 5.75 Å². The molecule has 0 spiro atoms. The number of methoxy groups -OCH3 is 1. The number of benzene rings is 1. The van der Waals surface area contributed by atoms with Gasteiger partial charge in [0.1, 0.15) is 6.10 Å². The Morgan fingerprint density at radius 3 is 2.55 bits per heavy atom. The van der Waals surface area contributed by atoms with E-state index in [0.717, 1.165) is 50.1 Å². The van der Waals surface area contributed by atoms with Gasteiger partial charge in [-0.05, 0) is 38.8 Å². The maximum absolute atomic E-state index is 10.3. The standard InChI is InChI=1S/C16H23NO3/c1-17-10-6-12(7-11-17)20-14-5-3-4-13(15(14)19-2)16(18)8-9-16/h3-5,12,18H,6-11H2,1-2H3. The fourth-order valence-corrected chi connectivity index (χ4v) is 2.86. The lowest BCUT2D eigenvalue weighted by molar-refractivity contribution is 0.108. The van der Waals surface area contributed by atoms with Crippen LogP contribution >= 0.6 is 0 Å². The third-order valence-electron chi connectivity index (χ3n) is 4.37. The minimum absolute atomic E-state index is 0.240. The Labute approximate surface area is 120 Å². The molecule has 1 heterocycles. The molecule has 1 saturated heterocycles. The van der Waals surface area contributed by atoms with Crippen LogP contribution in [0.4, 0.5) is 0 Å². The van der Waals surface area contributed by atoms with Gasteiger partial charge in [0, 0.05) is 18.7 Å². The van der Waals surface area contributed by atoms with Crippen LogP contribution in [0.3, 0.4) is 0 Å². The van der Waals surface area contributed by atoms with Crippen molar-refractivity contribution in [3.8, 4) is 11.5 Å². The second-order valence-electron chi connectivity index (χ2n) is 5.99. The van der Waals surface area contributed by atoms with Gasteiger partial charge >= 0.3 is 0 Å². The van der Waals surface area contributed by atoms with Crippen molar-refractivity contribution >= 4 is 0 Å². The number of ether oxygens (including phenoxy) is 2. The van der Waals surface area contributed by atoms with Crippen molar-refractivity contribution < 1.29 is 14.6 Å². The first-order valence-corrected chi connectivity index (χ1v) is 7.37. The summed E-state index contributed by atoms with van der Waals surface area (Å²) in [6.45, 7) is 2.13. The summed E-state index contributed by atoms with van der Waals surface area (Å²) in [6, 6.07) is 5.82. The SMILES string of the molecule is COc1c(OC2CCN(C)CC2)cccc1C1(O)CC1. The molecule has 110 valence electrons. The number of nitrogens with zero attached hydrogens (tertiary/aromatic N) is 1. The molecule has 0 bridgehead atoms. The molecular weight excluding hydrogens is 254 g/mol. The quantitative estimate of drug-likeness (QED) is 0.915. The molecular formula is C16H23NO3. The first-order chi connectivity index (χ1) is 9.62. The Balaban J connectivity index is 1.79. The largest absolute Gasteiger partial charge is 0.492 e. The Kier molecular flexibility index (Phi) is 3.61. The summed E-state index contributed by atoms with van der Waals surface area (Å²) in [4.78, 5) is 2.32. The normalized spacial score (nSPS) is 22.6. The van der Waals surface area contributed by atoms with Crippen LogP contribution in [0.15, 0.2) is 18.2 Å². The number of hydrogen-bond donors (Lipinski definition) is 1. The predicted octanol–water partition coefficient (Wildman–Crippen LogP) is 2.15. The van der Waals surface area contributed by atoms with Crippen LogP contribution in [-0.2, 0) is 5.60 Å². The molecule has 1 aliphatic heterocycles. The van der Waals surface area contributed by atoms with Crippen molar-refractivity contribution in [2.45, 2.75) is 37.4 Å². The van der Waals surface area contributed by atoms with Gasteiger partial charge in [-0.3, -0.25) is 0 Å². The van der Waals surface area contributed by atoms with Crippen LogP contribution in [0.25, 0.3) is 0 Å². The number of rotatable bonds is 4. The van der Waals surface area contributed by atoms with Gasteiger partial charge in [-0.1, -0.05) is 12.1 Å². The van der Waals surface area contributed by atoms with E-state index in [4.69, 9.17) is 9.47 Å². The Morgan fingerprint density at radius 2 is 1.95 bits per heavy atom. The summed E-state index contributed by atoms with van der Waals surface area (Å²) >= 11 is 0. The van der Waals surface area contributed by atoms with E-state index in [2.05, 4.69) is 11.9 Å². The highest BCUT2D eigenvalue weighted by atomic mass is 16.5. The number of hydrogen-bond acceptors (Lipinski definition) is 4. The minimum Gasteiger partial charge on any atom is -0.492 e. The van der Waals surface area contributed by atoms with E-state index in [9.17, 15) is 5.11 Å². The molecule has 0 unspecified atom stereocenters. The molecule has 2 fully saturated rings. The van der Waals surface area contributed by atoms with Crippen molar-refractivity contribution in [1.82, 2.24) is 4.90 Å². The Bertz CT molecular complexity index is 477. The summed E-state index contributed by atoms with van der Waals surface area (Å²) in [5.74, 6) is 1.46. The molecule has 1 aliphatic carbocycles. The smallest absolute Gasteiger partial charge is 0.166 e. The third-order valence-corrected chi connectivity index (χ3v) is 4.37. The first-order valence-electron chi connectivity index (χ1n) is 7.37. The lowest BCUT2D eigenvalue weighted by Crippen LogP contribution is -2.35. The van der Waals surface area contributed by atoms with Gasteiger partial charge in [0.15, 0.2) is 11.5 Å². The highest BCUT2D eigenvalue weighted by Gasteiger charge is 2.45. The molecule has 4 heteroatoms. The van der Waals surface area contributed by atoms with E-state index in [1.54, 1.807) is 7.11 Å². The molecule has 1 aromatic carbocycles. The topological polar surface area (TPSA) is 41.9 Å². The molecule has 0 amide bonds. The van der Waals surface area contributed by atoms with E-state index < -0.39 is 5.60 Å². The van der Waals surface area contributed by atoms with E-state index in [1.165, 1.54) is 0 Å². The molecule has 1 saturated carbocycles. The van der Waals surface area contributed by atoms with E-state index in [-0.39, 0.29) is 6.10 Å². The predicted molar refractivity (Wildman–Crippen MR) is 77.3 cm³/mol. The Morgan fingerprint density at radius 1 is 1.25 bits per heavy atom. The van der Waals surface area contributed by atoms with Crippen molar-refractivity contribution in [3.63, 3.8) is 0 Å². The number of aliphatic hydroxyl groups is 1. The summed E-state index contributed by atoms with van der Waals surface area (Å²) in [6.07, 6.45) is 3.92. The lowest BCUT2D eigenvalue weighted by atomic mass is 10.1. The fourth-order valence-electron chi connectivity index (χ4n) is 2.86. The summed E-state index contributed by atoms with van der Waals surface area (Å²) < 4.78 is 11.6. The zero-order valence-electron chi connectivity index (χ0n) is 12.3. The van der Waals surface area contributed by atoms with Gasteiger partial charge in [0.25, 0.3) is 0 Å². The van der Waals surface area contributed by atoms with Gasteiger partial charge in [0.2, 0.25) is 0 Å². The molecule has 0 atom stereocenters. The van der Waals surface area contributed by atoms with Crippen molar-refractivity contribution in [2.75, 3.05) is 27.2 Å². The molecule has 20 heavy (non-hydrogen) atoms. The zero-order valence-corrected chi connectivity index (χ0v) is 12.3. The average molecular weight is 277 g/mol. The van der Waals surface area contributed by atoms with Gasteiger partial charge in [-0.2, -0.15) is 0 Å². The molecule has 2 aliphatic rings. The monoisotopic (exact) mass is 277 g/mol. The van der Waals surface area contributed by atoms with Crippen LogP contribution in [-0.4, -0.2) is 43.4 Å². The summed E-state index contributed by atoms with van der Waals surface area (Å²) in [5, 5.41) is 10.3. The molecule has 0 radical (unpaired) electrons. The highest BCUT2D eigenvalue weighted by molar-refractivity contribution is 5.51. The lowest BCUT2D eigenvalue weighted by Gasteiger charge is -2.30. The second-order valence-corrected chi connectivity index (χ2v) is 5.99. The number of para-hydroxylation sites is 1. The van der Waals surface area contributed by atoms with Crippen molar-refractivity contribution in [2.24, 2.45) is 0 Å². The summed E-state index contributed by atoms with van der Waals surface area (Å²) in [7, 11) is 3.78. The average Bonchev–Trinajstić information content (AvgIpc) is 3.20. The zero-order chi connectivity index (χ0) is 14.2. The van der Waals surface area contributed by atoms with Crippen molar-refractivity contribution in [3.05, 3.63) is 23.8 Å². The van der Waals surface area contributed by atoms with Crippen LogP contribution in [0.1, 0.15) is 31.2 Å². The minimum atomic E-state index is -0.697. The van der Waals surface area contributed by atoms with Gasteiger partial charge in [-0.25, -0.2) is 0 Å². The van der Waals surface area contributed by atoms with E-state index in [1.807, 2.05) is 18.2 Å². The Hall–Kier alpha value is -1.26. The fraction of sp³-hybridized carbons (Fsp3) is 0.625.